The molecule has 0 aliphatic carbocycles. The molecule has 1 aliphatic heterocycles. The predicted molar refractivity (Wildman–Crippen MR) is 177 cm³/mol. The van der Waals surface area contributed by atoms with Crippen LogP contribution >= 0.6 is 0 Å². The molecule has 1 unspecified atom stereocenters. The normalized spacial score (nSPS) is 13.1. The number of hydrogen-bond acceptors (Lipinski definition) is 6. The van der Waals surface area contributed by atoms with Gasteiger partial charge in [0, 0.05) is 25.6 Å². The molecule has 0 aromatic heterocycles. The number of fused-ring (bicyclic) bond motifs is 1. The zero-order chi connectivity index (χ0) is 33.4. The van der Waals surface area contributed by atoms with Crippen LogP contribution in [-0.4, -0.2) is 57.5 Å². The molecule has 246 valence electrons. The van der Waals surface area contributed by atoms with E-state index in [9.17, 15) is 22.4 Å². The van der Waals surface area contributed by atoms with Gasteiger partial charge in [-0.05, 0) is 53.4 Å². The molecule has 0 fully saturated rings. The van der Waals surface area contributed by atoms with Crippen molar-refractivity contribution in [3.05, 3.63) is 120 Å². The van der Waals surface area contributed by atoms with Crippen LogP contribution in [0.25, 0.3) is 0 Å². The Bertz CT molecular complexity index is 1770. The Morgan fingerprint density at radius 3 is 2.13 bits per heavy atom. The Labute approximate surface area is 275 Å². The molecule has 1 N–H and O–H groups in total. The number of anilines is 1. The van der Waals surface area contributed by atoms with E-state index in [-0.39, 0.29) is 35.4 Å². The van der Waals surface area contributed by atoms with Gasteiger partial charge in [0.1, 0.15) is 31.6 Å². The van der Waals surface area contributed by atoms with Gasteiger partial charge in [-0.1, -0.05) is 74.5 Å². The van der Waals surface area contributed by atoms with Crippen molar-refractivity contribution in [2.45, 2.75) is 37.8 Å². The van der Waals surface area contributed by atoms with Gasteiger partial charge in [0.15, 0.2) is 11.5 Å². The Balaban J connectivity index is 1.57. The number of nitrogens with one attached hydrogen (secondary N) is 1. The van der Waals surface area contributed by atoms with Crippen molar-refractivity contribution in [1.29, 1.82) is 0 Å². The summed E-state index contributed by atoms with van der Waals surface area (Å²) in [5.41, 5.74) is 1.58. The molecule has 0 spiro atoms. The molecule has 0 radical (unpaired) electrons. The zero-order valence-corrected chi connectivity index (χ0v) is 27.2. The summed E-state index contributed by atoms with van der Waals surface area (Å²) in [6.45, 7) is 4.28. The maximum absolute atomic E-state index is 14.5. The van der Waals surface area contributed by atoms with Gasteiger partial charge >= 0.3 is 0 Å². The Hall–Kier alpha value is -4.90. The van der Waals surface area contributed by atoms with Crippen LogP contribution in [0.2, 0.25) is 0 Å². The van der Waals surface area contributed by atoms with Crippen molar-refractivity contribution in [1.82, 2.24) is 10.2 Å². The number of carbonyl (C=O) groups is 2. The molecule has 0 saturated carbocycles. The Morgan fingerprint density at radius 1 is 0.830 bits per heavy atom. The summed E-state index contributed by atoms with van der Waals surface area (Å²) in [5.74, 6) is -0.474. The highest BCUT2D eigenvalue weighted by molar-refractivity contribution is 7.92. The number of nitrogens with zero attached hydrogens (tertiary/aromatic N) is 2. The molecular weight excluding hydrogens is 621 g/mol. The minimum Gasteiger partial charge on any atom is -0.486 e. The predicted octanol–water partition coefficient (Wildman–Crippen LogP) is 5.20. The number of amides is 2. The summed E-state index contributed by atoms with van der Waals surface area (Å²) in [7, 11) is -4.27. The van der Waals surface area contributed by atoms with E-state index in [1.807, 2.05) is 44.2 Å². The van der Waals surface area contributed by atoms with E-state index in [1.54, 1.807) is 42.5 Å². The van der Waals surface area contributed by atoms with Crippen LogP contribution < -0.4 is 19.1 Å². The molecule has 2 amide bonds. The Kier molecular flexibility index (Phi) is 10.8. The van der Waals surface area contributed by atoms with Crippen LogP contribution in [0, 0.1) is 11.7 Å². The van der Waals surface area contributed by atoms with Gasteiger partial charge in [-0.15, -0.1) is 0 Å². The first-order valence-corrected chi connectivity index (χ1v) is 16.9. The fraction of sp³-hybridized carbons (Fsp3) is 0.278. The van der Waals surface area contributed by atoms with Crippen LogP contribution in [-0.2, 0) is 32.6 Å². The van der Waals surface area contributed by atoms with Crippen LogP contribution in [0.1, 0.15) is 25.0 Å². The summed E-state index contributed by atoms with van der Waals surface area (Å²) < 4.78 is 54.6. The summed E-state index contributed by atoms with van der Waals surface area (Å²) in [6.07, 6.45) is 0.174. The second-order valence-corrected chi connectivity index (χ2v) is 13.5. The lowest BCUT2D eigenvalue weighted by atomic mass is 10.0. The molecule has 0 bridgehead atoms. The van der Waals surface area contributed by atoms with E-state index in [4.69, 9.17) is 9.47 Å². The summed E-state index contributed by atoms with van der Waals surface area (Å²) in [5, 5.41) is 2.95. The van der Waals surface area contributed by atoms with Crippen LogP contribution in [0.5, 0.6) is 11.5 Å². The fourth-order valence-corrected chi connectivity index (χ4v) is 6.63. The highest BCUT2D eigenvalue weighted by atomic mass is 32.2. The highest BCUT2D eigenvalue weighted by Crippen LogP contribution is 2.36. The van der Waals surface area contributed by atoms with E-state index in [0.29, 0.717) is 36.8 Å². The number of ether oxygens (including phenoxy) is 2. The third kappa shape index (κ3) is 8.48. The summed E-state index contributed by atoms with van der Waals surface area (Å²) in [6, 6.07) is 26.4. The molecule has 47 heavy (non-hydrogen) atoms. The molecule has 4 aromatic carbocycles. The van der Waals surface area contributed by atoms with Crippen molar-refractivity contribution < 1.29 is 31.9 Å². The standard InChI is InChI=1S/C36H38FN3O6S/c1-26(2)23-38-36(42)32(21-27-9-5-3-6-10-27)39(24-28-13-15-29(37)16-14-28)35(41)25-40(47(43,44)31-11-7-4-8-12-31)30-17-18-33-34(22-30)46-20-19-45-33/h3-18,22,26,32H,19-21,23-25H2,1-2H3,(H,38,42). The third-order valence-electron chi connectivity index (χ3n) is 7.65. The van der Waals surface area contributed by atoms with E-state index in [1.165, 1.54) is 35.2 Å². The molecule has 11 heteroatoms. The van der Waals surface area contributed by atoms with Crippen LogP contribution in [0.15, 0.2) is 108 Å². The number of carbonyl (C=O) groups excluding carboxylic acids is 2. The second-order valence-electron chi connectivity index (χ2n) is 11.6. The lowest BCUT2D eigenvalue weighted by molar-refractivity contribution is -0.140. The van der Waals surface area contributed by atoms with Crippen molar-refractivity contribution in [3.63, 3.8) is 0 Å². The van der Waals surface area contributed by atoms with Crippen LogP contribution in [0.3, 0.4) is 0 Å². The fourth-order valence-electron chi connectivity index (χ4n) is 5.20. The molecule has 9 nitrogen and oxygen atoms in total. The summed E-state index contributed by atoms with van der Waals surface area (Å²) >= 11 is 0. The zero-order valence-electron chi connectivity index (χ0n) is 26.3. The van der Waals surface area contributed by atoms with E-state index in [2.05, 4.69) is 5.32 Å². The quantitative estimate of drug-likeness (QED) is 0.212. The molecule has 0 saturated heterocycles. The van der Waals surface area contributed by atoms with E-state index < -0.39 is 34.3 Å². The van der Waals surface area contributed by atoms with Crippen molar-refractivity contribution in [2.75, 3.05) is 30.6 Å². The number of hydrogen-bond donors (Lipinski definition) is 1. The first-order valence-electron chi connectivity index (χ1n) is 15.4. The lowest BCUT2D eigenvalue weighted by Crippen LogP contribution is -2.53. The maximum atomic E-state index is 14.5. The first kappa shape index (κ1) is 33.5. The maximum Gasteiger partial charge on any atom is 0.264 e. The van der Waals surface area contributed by atoms with Gasteiger partial charge in [-0.3, -0.25) is 13.9 Å². The highest BCUT2D eigenvalue weighted by Gasteiger charge is 2.35. The summed E-state index contributed by atoms with van der Waals surface area (Å²) in [4.78, 5) is 29.8. The van der Waals surface area contributed by atoms with Gasteiger partial charge < -0.3 is 19.7 Å². The number of halogens is 1. The molecule has 5 rings (SSSR count). The van der Waals surface area contributed by atoms with E-state index >= 15 is 0 Å². The van der Waals surface area contributed by atoms with Crippen molar-refractivity contribution in [3.8, 4) is 11.5 Å². The number of benzene rings is 4. The molecular formula is C36H38FN3O6S. The Morgan fingerprint density at radius 2 is 1.47 bits per heavy atom. The number of rotatable bonds is 13. The smallest absolute Gasteiger partial charge is 0.264 e. The topological polar surface area (TPSA) is 105 Å². The minimum absolute atomic E-state index is 0.0108. The molecule has 1 aliphatic rings. The number of sulfonamides is 1. The molecule has 4 aromatic rings. The average Bonchev–Trinajstić information content (AvgIpc) is 3.09. The van der Waals surface area contributed by atoms with Crippen molar-refractivity contribution >= 4 is 27.5 Å². The molecule has 1 atom stereocenters. The molecule has 1 heterocycles. The first-order chi connectivity index (χ1) is 22.6. The van der Waals surface area contributed by atoms with Gasteiger partial charge in [0.2, 0.25) is 11.8 Å². The average molecular weight is 660 g/mol. The van der Waals surface area contributed by atoms with Crippen molar-refractivity contribution in [2.24, 2.45) is 5.92 Å². The lowest BCUT2D eigenvalue weighted by Gasteiger charge is -2.34. The largest absolute Gasteiger partial charge is 0.486 e. The monoisotopic (exact) mass is 659 g/mol. The van der Waals surface area contributed by atoms with Gasteiger partial charge in [0.25, 0.3) is 10.0 Å². The van der Waals surface area contributed by atoms with Crippen LogP contribution in [0.4, 0.5) is 10.1 Å². The SMILES string of the molecule is CC(C)CNC(=O)C(Cc1ccccc1)N(Cc1ccc(F)cc1)C(=O)CN(c1ccc2c(c1)OCCO2)S(=O)(=O)c1ccccc1. The van der Waals surface area contributed by atoms with E-state index in [0.717, 1.165) is 9.87 Å². The van der Waals surface area contributed by atoms with Gasteiger partial charge in [-0.2, -0.15) is 0 Å². The minimum atomic E-state index is -4.27. The van der Waals surface area contributed by atoms with Gasteiger partial charge in [-0.25, -0.2) is 12.8 Å². The van der Waals surface area contributed by atoms with Gasteiger partial charge in [0.05, 0.1) is 10.6 Å². The third-order valence-corrected chi connectivity index (χ3v) is 9.43. The second kappa shape index (κ2) is 15.1.